The topological polar surface area (TPSA) is 167 Å². The number of cyclic esters (lactones) is 1. The molecule has 1 saturated carbocycles. The number of piperidine rings is 1. The zero-order chi connectivity index (χ0) is 43.6. The monoisotopic (exact) mass is 829 g/mol. The number of ketones is 2. The Kier molecular flexibility index (Phi) is 18.2. The number of nitrogens with zero attached hydrogens (tertiary/aromatic N) is 1. The van der Waals surface area contributed by atoms with E-state index in [1.54, 1.807) is 27.9 Å². The van der Waals surface area contributed by atoms with Gasteiger partial charge in [0.05, 0.1) is 24.4 Å². The lowest BCUT2D eigenvalue weighted by atomic mass is 9.81. The molecular weight excluding hydrogens is 759 g/mol. The van der Waals surface area contributed by atoms with Gasteiger partial charge in [0.2, 0.25) is 5.79 Å². The van der Waals surface area contributed by atoms with E-state index in [0.717, 1.165) is 12.0 Å². The molecule has 14 atom stereocenters. The van der Waals surface area contributed by atoms with E-state index in [1.807, 2.05) is 32.9 Å². The predicted octanol–water partition coefficient (Wildman–Crippen LogP) is 5.48. The van der Waals surface area contributed by atoms with Gasteiger partial charge in [-0.2, -0.15) is 0 Å². The third kappa shape index (κ3) is 11.8. The third-order valence-corrected chi connectivity index (χ3v) is 13.2. The van der Waals surface area contributed by atoms with Crippen LogP contribution in [0.3, 0.4) is 0 Å². The van der Waals surface area contributed by atoms with Gasteiger partial charge >= 0.3 is 5.97 Å². The molecule has 1 amide bonds. The fourth-order valence-electron chi connectivity index (χ4n) is 9.64. The van der Waals surface area contributed by atoms with Gasteiger partial charge in [-0.25, -0.2) is 4.79 Å². The van der Waals surface area contributed by atoms with E-state index in [0.29, 0.717) is 50.5 Å². The van der Waals surface area contributed by atoms with Crippen LogP contribution in [0.4, 0.5) is 0 Å². The lowest BCUT2D eigenvalue weighted by Gasteiger charge is -2.47. The summed E-state index contributed by atoms with van der Waals surface area (Å²) in [5.74, 6) is -4.66. The van der Waals surface area contributed by atoms with Gasteiger partial charge in [0.1, 0.15) is 36.2 Å². The number of hydrogen-bond donors (Lipinski definition) is 2. The van der Waals surface area contributed by atoms with Gasteiger partial charge in [0.25, 0.3) is 11.7 Å². The van der Waals surface area contributed by atoms with Crippen molar-refractivity contribution >= 4 is 23.4 Å². The van der Waals surface area contributed by atoms with Crippen LogP contribution in [0.2, 0.25) is 0 Å². The minimum Gasteiger partial charge on any atom is -0.456 e. The van der Waals surface area contributed by atoms with E-state index in [9.17, 15) is 29.4 Å². The quantitative estimate of drug-likeness (QED) is 0.144. The Morgan fingerprint density at radius 3 is 2.27 bits per heavy atom. The molecule has 3 aliphatic heterocycles. The summed E-state index contributed by atoms with van der Waals surface area (Å²) in [6.45, 7) is 13.0. The molecule has 4 rings (SSSR count). The summed E-state index contributed by atoms with van der Waals surface area (Å²) < 4.78 is 35.8. The number of fused-ring (bicyclic) bond motifs is 3. The number of hydrogen-bond acceptors (Lipinski definition) is 12. The molecule has 13 nitrogen and oxygen atoms in total. The second-order valence-corrected chi connectivity index (χ2v) is 17.6. The SMILES string of the molecule is CC#CO[C@@H]1CC[C@@H](/C=C(\C)[C@H]2OC(=O)[C@@H]3CCCCN3C(=O)C(=O)[C@]3(O)O[C@H]([C@@H](OC)C[C@@H](C)C/C(C)=C/[C@@H](CC)C(=O)C[C@H](O)[C@H]2C)[C@@H](OC)C[C@H]3C)C[C@H]1OC. The molecule has 0 aromatic rings. The van der Waals surface area contributed by atoms with Crippen LogP contribution in [0.15, 0.2) is 23.3 Å². The Morgan fingerprint density at radius 1 is 0.949 bits per heavy atom. The summed E-state index contributed by atoms with van der Waals surface area (Å²) in [5.41, 5.74) is 1.69. The first-order chi connectivity index (χ1) is 28.0. The van der Waals surface area contributed by atoms with Gasteiger partial charge in [-0.05, 0) is 95.5 Å². The number of ether oxygens (including phenoxy) is 6. The molecule has 0 aromatic carbocycles. The zero-order valence-corrected chi connectivity index (χ0v) is 37.1. The Balaban J connectivity index is 1.75. The number of methoxy groups -OCH3 is 3. The van der Waals surface area contributed by atoms with Crippen molar-refractivity contribution in [2.45, 2.75) is 174 Å². The molecule has 3 heterocycles. The average molecular weight is 830 g/mol. The van der Waals surface area contributed by atoms with Gasteiger partial charge in [-0.3, -0.25) is 14.4 Å². The highest BCUT2D eigenvalue weighted by Gasteiger charge is 2.56. The average Bonchev–Trinajstić information content (AvgIpc) is 3.22. The van der Waals surface area contributed by atoms with E-state index >= 15 is 0 Å². The lowest BCUT2D eigenvalue weighted by molar-refractivity contribution is -0.302. The molecular formula is C46H71NO12. The fourth-order valence-corrected chi connectivity index (χ4v) is 9.64. The van der Waals surface area contributed by atoms with Crippen molar-refractivity contribution in [2.75, 3.05) is 27.9 Å². The van der Waals surface area contributed by atoms with Crippen LogP contribution in [0, 0.1) is 41.6 Å². The van der Waals surface area contributed by atoms with E-state index in [2.05, 4.69) is 19.0 Å². The first kappa shape index (κ1) is 48.5. The fraction of sp³-hybridized carbons (Fsp3) is 0.783. The number of allylic oxidation sites excluding steroid dienone is 3. The molecule has 1 aliphatic carbocycles. The first-order valence-corrected chi connectivity index (χ1v) is 21.7. The van der Waals surface area contributed by atoms with Crippen LogP contribution >= 0.6 is 0 Å². The van der Waals surface area contributed by atoms with E-state index in [4.69, 9.17) is 28.4 Å². The molecule has 2 bridgehead atoms. The van der Waals surface area contributed by atoms with E-state index < -0.39 is 77.8 Å². The number of carbonyl (C=O) groups is 4. The summed E-state index contributed by atoms with van der Waals surface area (Å²) in [5, 5.41) is 23.8. The molecule has 13 heteroatoms. The Morgan fingerprint density at radius 2 is 1.63 bits per heavy atom. The van der Waals surface area contributed by atoms with Crippen molar-refractivity contribution in [3.63, 3.8) is 0 Å². The summed E-state index contributed by atoms with van der Waals surface area (Å²) in [4.78, 5) is 58.0. The van der Waals surface area contributed by atoms with Gasteiger partial charge in [-0.1, -0.05) is 51.3 Å². The molecule has 0 radical (unpaired) electrons. The smallest absolute Gasteiger partial charge is 0.329 e. The minimum absolute atomic E-state index is 0.0343. The van der Waals surface area contributed by atoms with E-state index in [1.165, 1.54) is 19.1 Å². The molecule has 4 aliphatic rings. The van der Waals surface area contributed by atoms with Crippen LogP contribution < -0.4 is 0 Å². The van der Waals surface area contributed by atoms with Gasteiger partial charge in [-0.15, -0.1) is 0 Å². The normalized spacial score (nSPS) is 39.7. The summed E-state index contributed by atoms with van der Waals surface area (Å²) in [6, 6.07) is -1.13. The highest BCUT2D eigenvalue weighted by Crippen LogP contribution is 2.39. The number of amides is 1. The molecule has 0 spiro atoms. The molecule has 0 aromatic heterocycles. The molecule has 59 heavy (non-hydrogen) atoms. The summed E-state index contributed by atoms with van der Waals surface area (Å²) in [7, 11) is 4.71. The van der Waals surface area contributed by atoms with Crippen molar-refractivity contribution in [1.29, 1.82) is 0 Å². The maximum atomic E-state index is 14.4. The number of aliphatic hydroxyl groups is 2. The van der Waals surface area contributed by atoms with Gasteiger partial charge in [0.15, 0.2) is 0 Å². The van der Waals surface area contributed by atoms with E-state index in [-0.39, 0.29) is 55.6 Å². The predicted molar refractivity (Wildman–Crippen MR) is 220 cm³/mol. The second-order valence-electron chi connectivity index (χ2n) is 17.6. The van der Waals surface area contributed by atoms with Crippen LogP contribution in [0.25, 0.3) is 0 Å². The summed E-state index contributed by atoms with van der Waals surface area (Å²) >= 11 is 0. The maximum absolute atomic E-state index is 14.4. The maximum Gasteiger partial charge on any atom is 0.329 e. The largest absolute Gasteiger partial charge is 0.456 e. The number of Topliss-reactive ketones (excluding diaryl/α,β-unsaturated/α-hetero) is 2. The third-order valence-electron chi connectivity index (χ3n) is 13.2. The Hall–Kier alpha value is -3.12. The van der Waals surface area contributed by atoms with Crippen LogP contribution in [-0.2, 0) is 47.6 Å². The number of esters is 1. The Labute approximate surface area is 351 Å². The Bertz CT molecular complexity index is 1580. The standard InChI is InChI=1S/C46H71NO12/c1-11-19-57-37-17-16-32(25-38(37)54-8)23-29(5)41-31(7)35(48)26-36(49)33(12-2)21-27(3)20-28(4)22-39(55-9)42-40(56-10)24-30(6)46(53,59-42)43(50)44(51)47-18-14-13-15-34(47)45(52)58-41/h21,23,28,30-35,37-42,48,53H,12-18,20,22,24-26H2,1-10H3/b27-21+,29-23+/t28-,30+,31+,32-,33+,34-,35-,37+,38+,39-,40-,41+,42+,46+/m0/s1. The van der Waals surface area contributed by atoms with Gasteiger partial charge < -0.3 is 43.5 Å². The van der Waals surface area contributed by atoms with Crippen molar-refractivity contribution < 1.29 is 57.8 Å². The number of rotatable bonds is 7. The number of carbonyl (C=O) groups excluding carboxylic acids is 4. The van der Waals surface area contributed by atoms with Crippen molar-refractivity contribution in [3.8, 4) is 12.0 Å². The highest BCUT2D eigenvalue weighted by molar-refractivity contribution is 6.39. The molecule has 2 saturated heterocycles. The number of aliphatic hydroxyl groups excluding tert-OH is 1. The second kappa shape index (κ2) is 22.1. The molecule has 0 unspecified atom stereocenters. The molecule has 2 N–H and O–H groups in total. The summed E-state index contributed by atoms with van der Waals surface area (Å²) in [6.07, 6.45) is 7.36. The van der Waals surface area contributed by atoms with Crippen LogP contribution in [-0.4, -0.2) is 121 Å². The molecule has 3 fully saturated rings. The highest BCUT2D eigenvalue weighted by atomic mass is 16.7. The minimum atomic E-state index is -2.50. The van der Waals surface area contributed by atoms with Crippen LogP contribution in [0.5, 0.6) is 0 Å². The van der Waals surface area contributed by atoms with Crippen LogP contribution in [0.1, 0.15) is 119 Å². The van der Waals surface area contributed by atoms with Crippen molar-refractivity contribution in [1.82, 2.24) is 4.90 Å². The van der Waals surface area contributed by atoms with Crippen molar-refractivity contribution in [2.24, 2.45) is 29.6 Å². The lowest BCUT2D eigenvalue weighted by Crippen LogP contribution is -2.64. The van der Waals surface area contributed by atoms with Gasteiger partial charge in [0, 0.05) is 59.0 Å². The molecule has 332 valence electrons. The first-order valence-electron chi connectivity index (χ1n) is 21.7. The van der Waals surface area contributed by atoms with Crippen molar-refractivity contribution in [3.05, 3.63) is 23.3 Å². The zero-order valence-electron chi connectivity index (χ0n) is 37.1.